The summed E-state index contributed by atoms with van der Waals surface area (Å²) in [4.78, 5) is 19.0. The molecule has 0 unspecified atom stereocenters. The van der Waals surface area contributed by atoms with Gasteiger partial charge in [0, 0.05) is 36.8 Å². The first kappa shape index (κ1) is 13.5. The second kappa shape index (κ2) is 4.57. The average molecular weight is 315 g/mol. The molecule has 2 aromatic heterocycles. The number of aromatic nitrogens is 2. The predicted octanol–water partition coefficient (Wildman–Crippen LogP) is 3.61. The van der Waals surface area contributed by atoms with E-state index in [1.807, 2.05) is 47.1 Å². The van der Waals surface area contributed by atoms with Gasteiger partial charge in [0.15, 0.2) is 0 Å². The predicted molar refractivity (Wildman–Crippen MR) is 92.0 cm³/mol. The van der Waals surface area contributed by atoms with Gasteiger partial charge in [-0.2, -0.15) is 0 Å². The van der Waals surface area contributed by atoms with Crippen molar-refractivity contribution in [3.63, 3.8) is 0 Å². The molecule has 4 heteroatoms. The van der Waals surface area contributed by atoms with Crippen molar-refractivity contribution >= 4 is 5.91 Å². The average Bonchev–Trinajstić information content (AvgIpc) is 3.30. The van der Waals surface area contributed by atoms with Gasteiger partial charge >= 0.3 is 0 Å². The summed E-state index contributed by atoms with van der Waals surface area (Å²) in [6.07, 6.45) is 7.69. The van der Waals surface area contributed by atoms with Crippen molar-refractivity contribution in [3.8, 4) is 16.8 Å². The van der Waals surface area contributed by atoms with Crippen LogP contribution in [0.25, 0.3) is 16.8 Å². The lowest BCUT2D eigenvalue weighted by atomic mass is 9.97. The van der Waals surface area contributed by atoms with Gasteiger partial charge in [0.2, 0.25) is 0 Å². The van der Waals surface area contributed by atoms with Gasteiger partial charge in [-0.25, -0.2) is 0 Å². The fourth-order valence-electron chi connectivity index (χ4n) is 3.87. The number of hydrogen-bond donors (Lipinski definition) is 0. The minimum atomic E-state index is -0.140. The van der Waals surface area contributed by atoms with Gasteiger partial charge in [-0.1, -0.05) is 18.2 Å². The van der Waals surface area contributed by atoms with E-state index in [1.165, 1.54) is 5.56 Å². The van der Waals surface area contributed by atoms with Gasteiger partial charge in [-0.05, 0) is 42.7 Å². The molecular formula is C20H17N3O. The van der Waals surface area contributed by atoms with Crippen molar-refractivity contribution in [1.82, 2.24) is 14.5 Å². The standard InChI is InChI=1S/C20H17N3O/c1-22-19(24)17-5-3-11-23(17)18-12-14(15-4-2-10-21-13-15)6-7-16(18)20(22)8-9-20/h2-7,10-13H,8-9H2,1H3. The molecule has 1 amide bonds. The van der Waals surface area contributed by atoms with Crippen LogP contribution in [0.5, 0.6) is 0 Å². The Morgan fingerprint density at radius 3 is 2.71 bits per heavy atom. The Balaban J connectivity index is 1.78. The summed E-state index contributed by atoms with van der Waals surface area (Å²) in [5, 5.41) is 0. The summed E-state index contributed by atoms with van der Waals surface area (Å²) in [7, 11) is 1.93. The molecule has 0 radical (unpaired) electrons. The number of nitrogens with zero attached hydrogens (tertiary/aromatic N) is 3. The van der Waals surface area contributed by atoms with Gasteiger partial charge in [0.1, 0.15) is 5.69 Å². The number of pyridine rings is 1. The van der Waals surface area contributed by atoms with Crippen molar-refractivity contribution in [2.75, 3.05) is 7.05 Å². The van der Waals surface area contributed by atoms with E-state index in [9.17, 15) is 4.79 Å². The van der Waals surface area contributed by atoms with Crippen molar-refractivity contribution in [1.29, 1.82) is 0 Å². The molecule has 1 aliphatic heterocycles. The van der Waals surface area contributed by atoms with Crippen LogP contribution in [-0.2, 0) is 5.54 Å². The largest absolute Gasteiger partial charge is 0.331 e. The molecule has 2 aliphatic rings. The van der Waals surface area contributed by atoms with E-state index in [0.29, 0.717) is 0 Å². The minimum absolute atomic E-state index is 0.0941. The highest BCUT2D eigenvalue weighted by Gasteiger charge is 2.53. The Morgan fingerprint density at radius 2 is 1.96 bits per heavy atom. The van der Waals surface area contributed by atoms with Crippen LogP contribution in [0.4, 0.5) is 0 Å². The van der Waals surface area contributed by atoms with E-state index >= 15 is 0 Å². The summed E-state index contributed by atoms with van der Waals surface area (Å²) in [5.74, 6) is 0.0941. The van der Waals surface area contributed by atoms with Crippen LogP contribution in [0.3, 0.4) is 0 Å². The van der Waals surface area contributed by atoms with Gasteiger partial charge < -0.3 is 9.47 Å². The third kappa shape index (κ3) is 1.68. The molecule has 118 valence electrons. The van der Waals surface area contributed by atoms with Crippen LogP contribution >= 0.6 is 0 Å². The third-order valence-corrected chi connectivity index (χ3v) is 5.39. The molecule has 3 aromatic rings. The van der Waals surface area contributed by atoms with Gasteiger partial charge in [0.05, 0.1) is 11.2 Å². The minimum Gasteiger partial charge on any atom is -0.331 e. The number of carbonyl (C=O) groups excluding carboxylic acids is 1. The second-order valence-electron chi connectivity index (χ2n) is 6.63. The van der Waals surface area contributed by atoms with Crippen LogP contribution in [0.15, 0.2) is 61.1 Å². The van der Waals surface area contributed by atoms with Crippen LogP contribution in [-0.4, -0.2) is 27.4 Å². The molecule has 0 saturated heterocycles. The van der Waals surface area contributed by atoms with Crippen LogP contribution in [0.2, 0.25) is 0 Å². The van der Waals surface area contributed by atoms with Gasteiger partial charge in [-0.3, -0.25) is 9.78 Å². The highest BCUT2D eigenvalue weighted by atomic mass is 16.2. The number of amides is 1. The summed E-state index contributed by atoms with van der Waals surface area (Å²) in [6, 6.07) is 14.4. The molecule has 4 nitrogen and oxygen atoms in total. The normalized spacial score (nSPS) is 17.4. The van der Waals surface area contributed by atoms with E-state index < -0.39 is 0 Å². The smallest absolute Gasteiger partial charge is 0.271 e. The van der Waals surface area contributed by atoms with Crippen LogP contribution in [0, 0.1) is 0 Å². The number of rotatable bonds is 1. The van der Waals surface area contributed by atoms with E-state index in [-0.39, 0.29) is 11.4 Å². The molecule has 1 aromatic carbocycles. The molecule has 0 N–H and O–H groups in total. The fraction of sp³-hybridized carbons (Fsp3) is 0.200. The lowest BCUT2D eigenvalue weighted by Gasteiger charge is -2.27. The number of benzene rings is 1. The molecule has 0 bridgehead atoms. The molecular weight excluding hydrogens is 298 g/mol. The van der Waals surface area contributed by atoms with Crippen LogP contribution < -0.4 is 0 Å². The van der Waals surface area contributed by atoms with E-state index in [0.717, 1.165) is 35.3 Å². The summed E-state index contributed by atoms with van der Waals surface area (Å²) < 4.78 is 2.03. The van der Waals surface area contributed by atoms with E-state index in [1.54, 1.807) is 6.20 Å². The number of hydrogen-bond acceptors (Lipinski definition) is 2. The Labute approximate surface area is 140 Å². The second-order valence-corrected chi connectivity index (χ2v) is 6.63. The molecule has 1 fully saturated rings. The maximum Gasteiger partial charge on any atom is 0.271 e. The fourth-order valence-corrected chi connectivity index (χ4v) is 3.87. The highest BCUT2D eigenvalue weighted by Crippen LogP contribution is 2.54. The Bertz CT molecular complexity index is 954. The Hall–Kier alpha value is -2.88. The molecule has 0 atom stereocenters. The third-order valence-electron chi connectivity index (χ3n) is 5.39. The molecule has 24 heavy (non-hydrogen) atoms. The first-order valence-corrected chi connectivity index (χ1v) is 8.21. The summed E-state index contributed by atoms with van der Waals surface area (Å²) in [6.45, 7) is 0. The SMILES string of the molecule is CN1C(=O)c2cccn2-c2cc(-c3cccnc3)ccc2C12CC2. The van der Waals surface area contributed by atoms with Crippen molar-refractivity contribution < 1.29 is 4.79 Å². The zero-order valence-electron chi connectivity index (χ0n) is 13.4. The molecule has 5 rings (SSSR count). The first-order valence-electron chi connectivity index (χ1n) is 8.21. The van der Waals surface area contributed by atoms with Gasteiger partial charge in [0.25, 0.3) is 5.91 Å². The zero-order valence-corrected chi connectivity index (χ0v) is 13.4. The maximum absolute atomic E-state index is 12.9. The summed E-state index contributed by atoms with van der Waals surface area (Å²) >= 11 is 0. The lowest BCUT2D eigenvalue weighted by Crippen LogP contribution is -2.36. The molecule has 1 aliphatic carbocycles. The van der Waals surface area contributed by atoms with Crippen molar-refractivity contribution in [3.05, 3.63) is 72.3 Å². The number of fused-ring (bicyclic) bond motifs is 4. The van der Waals surface area contributed by atoms with E-state index in [2.05, 4.69) is 29.2 Å². The van der Waals surface area contributed by atoms with Crippen molar-refractivity contribution in [2.24, 2.45) is 0 Å². The lowest BCUT2D eigenvalue weighted by molar-refractivity contribution is 0.0705. The molecule has 3 heterocycles. The topological polar surface area (TPSA) is 38.1 Å². The van der Waals surface area contributed by atoms with E-state index in [4.69, 9.17) is 0 Å². The first-order chi connectivity index (χ1) is 11.7. The Morgan fingerprint density at radius 1 is 1.08 bits per heavy atom. The summed E-state index contributed by atoms with van der Waals surface area (Å²) in [5.41, 5.74) is 5.13. The highest BCUT2D eigenvalue weighted by molar-refractivity contribution is 5.95. The Kier molecular flexibility index (Phi) is 2.58. The zero-order chi connectivity index (χ0) is 16.3. The maximum atomic E-state index is 12.9. The quantitative estimate of drug-likeness (QED) is 0.688. The van der Waals surface area contributed by atoms with Crippen LogP contribution in [0.1, 0.15) is 28.9 Å². The van der Waals surface area contributed by atoms with Gasteiger partial charge in [-0.15, -0.1) is 0 Å². The molecule has 1 spiro atoms. The van der Waals surface area contributed by atoms with Crippen molar-refractivity contribution in [2.45, 2.75) is 18.4 Å². The number of carbonyl (C=O) groups is 1. The molecule has 1 saturated carbocycles. The monoisotopic (exact) mass is 315 g/mol.